The van der Waals surface area contributed by atoms with E-state index in [1.54, 1.807) is 0 Å². The molecule has 26 valence electrons. The molecule has 0 aliphatic carbocycles. The molecule has 0 amide bonds. The minimum Gasteiger partial charge on any atom is -0.396 e. The first-order valence-electron chi connectivity index (χ1n) is 1.52. The summed E-state index contributed by atoms with van der Waals surface area (Å²) in [6.45, 7) is 2.25. The molecule has 0 aromatic carbocycles. The van der Waals surface area contributed by atoms with Crippen LogP contribution >= 0.6 is 0 Å². The molecule has 0 spiro atoms. The third-order valence-corrected chi connectivity index (χ3v) is 0.224. The lowest BCUT2D eigenvalue weighted by Crippen LogP contribution is -1.69. The van der Waals surface area contributed by atoms with Crippen molar-refractivity contribution in [3.05, 3.63) is 0 Å². The van der Waals surface area contributed by atoms with Crippen LogP contribution in [0.3, 0.4) is 0 Å². The first-order chi connectivity index (χ1) is 1.91. The molecule has 0 atom stereocenters. The molecule has 4 heavy (non-hydrogen) atoms. The van der Waals surface area contributed by atoms with Crippen LogP contribution in [0, 0.1) is 0 Å². The van der Waals surface area contributed by atoms with E-state index in [2.05, 4.69) is 0 Å². The van der Waals surface area contributed by atoms with E-state index in [-0.39, 0.29) is 1.43 Å². The van der Waals surface area contributed by atoms with Crippen LogP contribution in [0.1, 0.15) is 14.8 Å². The second kappa shape index (κ2) is 2.96. The van der Waals surface area contributed by atoms with Crippen molar-refractivity contribution in [1.29, 1.82) is 0 Å². The van der Waals surface area contributed by atoms with Crippen LogP contribution in [-0.4, -0.2) is 11.7 Å². The molecule has 0 radical (unpaired) electrons. The van der Waals surface area contributed by atoms with Gasteiger partial charge in [-0.3, -0.25) is 0 Å². The Morgan fingerprint density at radius 1 is 2.00 bits per heavy atom. The molecule has 0 heterocycles. The van der Waals surface area contributed by atoms with Gasteiger partial charge < -0.3 is 5.11 Å². The van der Waals surface area contributed by atoms with E-state index < -0.39 is 0 Å². The fourth-order valence-electron chi connectivity index (χ4n) is 0. The van der Waals surface area contributed by atoms with Crippen molar-refractivity contribution in [3.63, 3.8) is 0 Å². The lowest BCUT2D eigenvalue weighted by atomic mass is 10.5. The van der Waals surface area contributed by atoms with Gasteiger partial charge >= 0.3 is 1.43 Å². The largest absolute Gasteiger partial charge is 1.00 e. The molecule has 0 aliphatic heterocycles. The zero-order chi connectivity index (χ0) is 3.41. The summed E-state index contributed by atoms with van der Waals surface area (Å²) in [5, 5.41) is 7.88. The Labute approximate surface area is 27.7 Å². The molecule has 0 rings (SSSR count). The second-order valence-electron chi connectivity index (χ2n) is 0.724. The second-order valence-corrected chi connectivity index (χ2v) is 0.724. The van der Waals surface area contributed by atoms with Gasteiger partial charge in [0, 0.05) is 6.61 Å². The Kier molecular flexibility index (Phi) is 2.93. The van der Waals surface area contributed by atoms with Crippen LogP contribution in [-0.2, 0) is 0 Å². The summed E-state index contributed by atoms with van der Waals surface area (Å²) in [6, 6.07) is 0. The molecule has 0 aromatic heterocycles. The Balaban J connectivity index is 0. The molecule has 0 aromatic rings. The molecule has 0 aliphatic rings. The van der Waals surface area contributed by atoms with E-state index in [1.165, 1.54) is 0 Å². The standard InChI is InChI=1S/C3H8O/c1-2-3-4/h4H,2-3H2,1H3/p+1. The summed E-state index contributed by atoms with van der Waals surface area (Å²) in [6.07, 6.45) is 0.875. The van der Waals surface area contributed by atoms with E-state index in [1.807, 2.05) is 6.92 Å². The van der Waals surface area contributed by atoms with Gasteiger partial charge in [-0.2, -0.15) is 0 Å². The lowest BCUT2D eigenvalue weighted by molar-refractivity contribution is 0.295. The van der Waals surface area contributed by atoms with E-state index in [0.717, 1.165) is 6.42 Å². The molecule has 1 N–H and O–H groups in total. The summed E-state index contributed by atoms with van der Waals surface area (Å²) in [7, 11) is 0. The van der Waals surface area contributed by atoms with Crippen molar-refractivity contribution in [1.82, 2.24) is 0 Å². The smallest absolute Gasteiger partial charge is 0.396 e. The number of rotatable bonds is 1. The Morgan fingerprint density at radius 2 is 2.25 bits per heavy atom. The van der Waals surface area contributed by atoms with E-state index in [9.17, 15) is 0 Å². The van der Waals surface area contributed by atoms with Gasteiger partial charge in [0.25, 0.3) is 0 Å². The maximum atomic E-state index is 7.88. The zero-order valence-electron chi connectivity index (χ0n) is 3.86. The highest BCUT2D eigenvalue weighted by Crippen LogP contribution is 1.61. The summed E-state index contributed by atoms with van der Waals surface area (Å²) >= 11 is 0. The van der Waals surface area contributed by atoms with E-state index in [4.69, 9.17) is 5.11 Å². The molecule has 0 saturated carbocycles. The number of hydrogen-bond donors (Lipinski definition) is 1. The number of aliphatic hydroxyl groups is 1. The van der Waals surface area contributed by atoms with Gasteiger partial charge in [-0.15, -0.1) is 0 Å². The van der Waals surface area contributed by atoms with Crippen molar-refractivity contribution >= 4 is 0 Å². The third kappa shape index (κ3) is 1.96. The summed E-state index contributed by atoms with van der Waals surface area (Å²) in [4.78, 5) is 0. The molecule has 1 heteroatoms. The first-order valence-corrected chi connectivity index (χ1v) is 1.52. The summed E-state index contributed by atoms with van der Waals surface area (Å²) < 4.78 is 0. The predicted octanol–water partition coefficient (Wildman–Crippen LogP) is 0.501. The first kappa shape index (κ1) is 3.96. The van der Waals surface area contributed by atoms with Crippen molar-refractivity contribution in [2.24, 2.45) is 0 Å². The third-order valence-electron chi connectivity index (χ3n) is 0.224. The average Bonchev–Trinajstić information content (AvgIpc) is 1.37. The van der Waals surface area contributed by atoms with Crippen molar-refractivity contribution in [2.45, 2.75) is 13.3 Å². The quantitative estimate of drug-likeness (QED) is 0.468. The monoisotopic (exact) mass is 61.1 g/mol. The maximum Gasteiger partial charge on any atom is 1.00 e. The fourth-order valence-corrected chi connectivity index (χ4v) is 0. The minimum absolute atomic E-state index is 0. The minimum atomic E-state index is 0. The lowest BCUT2D eigenvalue weighted by Gasteiger charge is -1.69. The van der Waals surface area contributed by atoms with Gasteiger partial charge in [0.15, 0.2) is 0 Å². The van der Waals surface area contributed by atoms with Crippen LogP contribution in [0.5, 0.6) is 0 Å². The number of aliphatic hydroxyl groups excluding tert-OH is 1. The molecule has 0 unspecified atom stereocenters. The Hall–Kier alpha value is -0.0400. The van der Waals surface area contributed by atoms with Crippen molar-refractivity contribution in [3.8, 4) is 0 Å². The van der Waals surface area contributed by atoms with Crippen molar-refractivity contribution < 1.29 is 6.53 Å². The molecular weight excluding hydrogens is 52.0 g/mol. The van der Waals surface area contributed by atoms with Crippen LogP contribution in [0.25, 0.3) is 0 Å². The van der Waals surface area contributed by atoms with Gasteiger partial charge in [-0.1, -0.05) is 6.92 Å². The highest BCUT2D eigenvalue weighted by molar-refractivity contribution is 4.10. The van der Waals surface area contributed by atoms with Crippen LogP contribution in [0.2, 0.25) is 0 Å². The van der Waals surface area contributed by atoms with Gasteiger partial charge in [0.2, 0.25) is 0 Å². The maximum absolute atomic E-state index is 7.88. The Morgan fingerprint density at radius 3 is 2.25 bits per heavy atom. The highest BCUT2D eigenvalue weighted by Gasteiger charge is 1.57. The SMILES string of the molecule is CCCO.[H+]. The van der Waals surface area contributed by atoms with Gasteiger partial charge in [-0.05, 0) is 6.42 Å². The molecule has 0 saturated heterocycles. The molecule has 0 fully saturated rings. The van der Waals surface area contributed by atoms with Crippen LogP contribution in [0.15, 0.2) is 0 Å². The van der Waals surface area contributed by atoms with Gasteiger partial charge in [-0.25, -0.2) is 0 Å². The van der Waals surface area contributed by atoms with Crippen LogP contribution in [0.4, 0.5) is 0 Å². The summed E-state index contributed by atoms with van der Waals surface area (Å²) in [5.41, 5.74) is 0. The van der Waals surface area contributed by atoms with Gasteiger partial charge in [0.05, 0.1) is 0 Å². The summed E-state index contributed by atoms with van der Waals surface area (Å²) in [5.74, 6) is 0. The van der Waals surface area contributed by atoms with E-state index >= 15 is 0 Å². The van der Waals surface area contributed by atoms with E-state index in [0.29, 0.717) is 6.61 Å². The molecule has 0 bridgehead atoms. The highest BCUT2D eigenvalue weighted by atomic mass is 16.2. The topological polar surface area (TPSA) is 20.2 Å². The molecular formula is C3H9O+. The fraction of sp³-hybridized carbons (Fsp3) is 1.00. The zero-order valence-corrected chi connectivity index (χ0v) is 2.86. The predicted molar refractivity (Wildman–Crippen MR) is 18.5 cm³/mol. The number of hydrogen-bond acceptors (Lipinski definition) is 1. The van der Waals surface area contributed by atoms with Crippen molar-refractivity contribution in [2.75, 3.05) is 6.61 Å². The molecule has 1 nitrogen and oxygen atoms in total. The normalized spacial score (nSPS) is 7.50. The Bertz CT molecular complexity index is 8.85. The average molecular weight is 61.1 g/mol. The van der Waals surface area contributed by atoms with Crippen LogP contribution < -0.4 is 0 Å². The van der Waals surface area contributed by atoms with Gasteiger partial charge in [0.1, 0.15) is 0 Å².